The highest BCUT2D eigenvalue weighted by atomic mass is 32.2. The Kier molecular flexibility index (Phi) is 2.65. The Balaban J connectivity index is 3.04. The lowest BCUT2D eigenvalue weighted by Gasteiger charge is -2.16. The van der Waals surface area contributed by atoms with Gasteiger partial charge in [0.05, 0.1) is 18.0 Å². The molecule has 0 saturated carbocycles. The van der Waals surface area contributed by atoms with Crippen LogP contribution >= 0.6 is 0 Å². The highest BCUT2D eigenvalue weighted by Gasteiger charge is 2.13. The van der Waals surface area contributed by atoms with Crippen LogP contribution in [-0.2, 0) is 10.0 Å². The molecule has 1 aromatic carbocycles. The average Bonchev–Trinajstić information content (AvgIpc) is 2.42. The molecule has 0 aliphatic heterocycles. The van der Waals surface area contributed by atoms with Crippen molar-refractivity contribution in [2.45, 2.75) is 25.8 Å². The maximum Gasteiger partial charge on any atom is 0.229 e. The summed E-state index contributed by atoms with van der Waals surface area (Å²) in [6.45, 7) is -7.00. The van der Waals surface area contributed by atoms with E-state index in [1.165, 1.54) is 6.07 Å². The molecule has 7 heteroatoms. The van der Waals surface area contributed by atoms with E-state index < -0.39 is 48.1 Å². The summed E-state index contributed by atoms with van der Waals surface area (Å²) in [5.74, 6) is -0.404. The first-order valence-electron chi connectivity index (χ1n) is 8.72. The number of aliphatic hydroxyl groups is 1. The summed E-state index contributed by atoms with van der Waals surface area (Å²) < 4.78 is 76.1. The van der Waals surface area contributed by atoms with E-state index in [0.717, 1.165) is 18.4 Å². The van der Waals surface area contributed by atoms with Gasteiger partial charge in [0.1, 0.15) is 5.75 Å². The monoisotopic (exact) mass is 295 g/mol. The second-order valence-corrected chi connectivity index (χ2v) is 5.67. The molecule has 0 fully saturated rings. The third-order valence-corrected chi connectivity index (χ3v) is 2.76. The molecule has 0 radical (unpaired) electrons. The number of benzene rings is 1. The highest BCUT2D eigenvalue weighted by molar-refractivity contribution is 7.92. The average molecular weight is 295 g/mol. The smallest absolute Gasteiger partial charge is 0.229 e. The van der Waals surface area contributed by atoms with E-state index >= 15 is 0 Å². The van der Waals surface area contributed by atoms with Gasteiger partial charge in [-0.3, -0.25) is 4.72 Å². The number of aromatic hydroxyl groups is 1. The fraction of sp³-hybridized carbons (Fsp3) is 0.500. The van der Waals surface area contributed by atoms with Crippen molar-refractivity contribution in [3.8, 4) is 5.75 Å². The number of hydrogen-bond acceptors (Lipinski definition) is 5. The molecular formula is C12H20N2O4S. The molecule has 0 aromatic heterocycles. The molecule has 0 bridgehead atoms. The van der Waals surface area contributed by atoms with E-state index in [0.29, 0.717) is 0 Å². The molecule has 0 aliphatic carbocycles. The van der Waals surface area contributed by atoms with Crippen LogP contribution in [0.2, 0.25) is 0 Å². The van der Waals surface area contributed by atoms with E-state index in [2.05, 4.69) is 0 Å². The van der Waals surface area contributed by atoms with Gasteiger partial charge in [-0.25, -0.2) is 8.42 Å². The first kappa shape index (κ1) is 8.08. The van der Waals surface area contributed by atoms with Crippen molar-refractivity contribution in [3.05, 3.63) is 23.8 Å². The molecule has 0 spiro atoms. The lowest BCUT2D eigenvalue weighted by molar-refractivity contribution is 0.171. The Bertz CT molecular complexity index is 735. The molecule has 0 aliphatic rings. The summed E-state index contributed by atoms with van der Waals surface area (Å²) in [6.07, 6.45) is -0.608. The lowest BCUT2D eigenvalue weighted by Crippen LogP contribution is -2.27. The van der Waals surface area contributed by atoms with Gasteiger partial charge in [0.2, 0.25) is 10.0 Å². The van der Waals surface area contributed by atoms with Crippen molar-refractivity contribution >= 4 is 15.7 Å². The normalized spacial score (nSPS) is 20.8. The third-order valence-electron chi connectivity index (χ3n) is 2.17. The molecule has 0 heterocycles. The van der Waals surface area contributed by atoms with E-state index in [-0.39, 0.29) is 11.3 Å². The molecule has 6 nitrogen and oxygen atoms in total. The number of phenols is 1. The number of aliphatic hydroxyl groups excluding tert-OH is 1. The molecule has 0 saturated heterocycles. The fourth-order valence-corrected chi connectivity index (χ4v) is 1.92. The Morgan fingerprint density at radius 1 is 1.47 bits per heavy atom. The van der Waals surface area contributed by atoms with Crippen molar-refractivity contribution in [2.24, 2.45) is 0 Å². The standard InChI is InChI=1S/C12H20N2O4S/c1-8(2)13-7-12(16)9-4-5-11(15)10(6-9)14-19(3,17)18/h4-6,8,12-16H,7H2,1-3H3/i1D3,2D3,8D. The van der Waals surface area contributed by atoms with Crippen LogP contribution in [0.1, 0.15) is 35.0 Å². The maximum absolute atomic E-state index is 11.3. The number of rotatable bonds is 6. The second kappa shape index (κ2) is 6.23. The van der Waals surface area contributed by atoms with Gasteiger partial charge in [-0.2, -0.15) is 0 Å². The minimum atomic E-state index is -3.70. The molecule has 1 unspecified atom stereocenters. The van der Waals surface area contributed by atoms with Crippen molar-refractivity contribution in [3.63, 3.8) is 0 Å². The van der Waals surface area contributed by atoms with Gasteiger partial charge in [-0.05, 0) is 17.7 Å². The Labute approximate surface area is 123 Å². The van der Waals surface area contributed by atoms with Crippen molar-refractivity contribution in [1.82, 2.24) is 5.32 Å². The van der Waals surface area contributed by atoms with Crippen LogP contribution in [0, 0.1) is 0 Å². The van der Waals surface area contributed by atoms with Crippen LogP contribution in [-0.4, -0.2) is 37.4 Å². The van der Waals surface area contributed by atoms with Gasteiger partial charge in [0.25, 0.3) is 0 Å². The molecule has 108 valence electrons. The van der Waals surface area contributed by atoms with Crippen LogP contribution < -0.4 is 10.0 Å². The molecule has 0 amide bonds. The number of phenolic OH excluding ortho intramolecular Hbond substituents is 1. The zero-order chi connectivity index (χ0) is 20.6. The summed E-state index contributed by atoms with van der Waals surface area (Å²) in [5, 5.41) is 21.9. The topological polar surface area (TPSA) is 98.7 Å². The minimum absolute atomic E-state index is 0.0693. The summed E-state index contributed by atoms with van der Waals surface area (Å²) in [5.41, 5.74) is -0.146. The van der Waals surface area contributed by atoms with E-state index in [1.54, 1.807) is 0 Å². The summed E-state index contributed by atoms with van der Waals surface area (Å²) >= 11 is 0. The van der Waals surface area contributed by atoms with Crippen LogP contribution in [0.3, 0.4) is 0 Å². The van der Waals surface area contributed by atoms with Gasteiger partial charge in [-0.1, -0.05) is 19.8 Å². The summed E-state index contributed by atoms with van der Waals surface area (Å²) in [7, 11) is -3.70. The number of hydrogen-bond donors (Lipinski definition) is 4. The minimum Gasteiger partial charge on any atom is -0.506 e. The zero-order valence-electron chi connectivity index (χ0n) is 17.1. The van der Waals surface area contributed by atoms with Crippen LogP contribution in [0.5, 0.6) is 5.75 Å². The van der Waals surface area contributed by atoms with Crippen molar-refractivity contribution in [1.29, 1.82) is 0 Å². The SMILES string of the molecule is [2H]C([2H])([2H])C([2H])(NCC(O)c1ccc(O)c(NS(C)(=O)=O)c1)C([2H])([2H])[2H]. The summed E-state index contributed by atoms with van der Waals surface area (Å²) in [4.78, 5) is 0. The zero-order valence-corrected chi connectivity index (χ0v) is 11.0. The van der Waals surface area contributed by atoms with Crippen LogP contribution in [0.4, 0.5) is 5.69 Å². The van der Waals surface area contributed by atoms with Gasteiger partial charge in [0.15, 0.2) is 0 Å². The van der Waals surface area contributed by atoms with Gasteiger partial charge >= 0.3 is 0 Å². The number of sulfonamides is 1. The Hall–Kier alpha value is -1.31. The first-order chi connectivity index (χ1) is 11.5. The van der Waals surface area contributed by atoms with Crippen molar-refractivity contribution < 1.29 is 28.2 Å². The number of nitrogens with one attached hydrogen (secondary N) is 2. The molecular weight excluding hydrogens is 268 g/mol. The summed E-state index contributed by atoms with van der Waals surface area (Å²) in [6, 6.07) is 0.448. The predicted octanol–water partition coefficient (Wildman–Crippen LogP) is 0.795. The second-order valence-electron chi connectivity index (χ2n) is 3.92. The third kappa shape index (κ3) is 5.46. The lowest BCUT2D eigenvalue weighted by atomic mass is 10.1. The fourth-order valence-electron chi connectivity index (χ4n) is 1.36. The van der Waals surface area contributed by atoms with E-state index in [4.69, 9.17) is 9.60 Å². The van der Waals surface area contributed by atoms with Crippen LogP contribution in [0.15, 0.2) is 18.2 Å². The quantitative estimate of drug-likeness (QED) is 0.582. The van der Waals surface area contributed by atoms with Crippen LogP contribution in [0.25, 0.3) is 0 Å². The number of anilines is 1. The van der Waals surface area contributed by atoms with Gasteiger partial charge in [-0.15, -0.1) is 0 Å². The molecule has 1 aromatic rings. The van der Waals surface area contributed by atoms with Crippen molar-refractivity contribution in [2.75, 3.05) is 17.5 Å². The van der Waals surface area contributed by atoms with E-state index in [1.807, 2.05) is 10.0 Å². The molecule has 1 atom stereocenters. The molecule has 19 heavy (non-hydrogen) atoms. The Morgan fingerprint density at radius 3 is 2.74 bits per heavy atom. The highest BCUT2D eigenvalue weighted by Crippen LogP contribution is 2.27. The molecule has 1 rings (SSSR count). The Morgan fingerprint density at radius 2 is 2.16 bits per heavy atom. The largest absolute Gasteiger partial charge is 0.506 e. The first-order valence-corrected chi connectivity index (χ1v) is 7.11. The molecule has 4 N–H and O–H groups in total. The predicted molar refractivity (Wildman–Crippen MR) is 74.7 cm³/mol. The van der Waals surface area contributed by atoms with Gasteiger partial charge < -0.3 is 15.5 Å². The van der Waals surface area contributed by atoms with E-state index in [9.17, 15) is 18.6 Å². The van der Waals surface area contributed by atoms with Gasteiger partial charge in [0, 0.05) is 22.2 Å². The maximum atomic E-state index is 11.3.